The second kappa shape index (κ2) is 8.29. The van der Waals surface area contributed by atoms with Gasteiger partial charge in [-0.1, -0.05) is 6.07 Å². The molecule has 7 heteroatoms. The van der Waals surface area contributed by atoms with Gasteiger partial charge in [0, 0.05) is 50.0 Å². The Bertz CT molecular complexity index is 889. The first kappa shape index (κ1) is 19.7. The van der Waals surface area contributed by atoms with Gasteiger partial charge in [-0.15, -0.1) is 0 Å². The maximum Gasteiger partial charge on any atom is 0.292 e. The van der Waals surface area contributed by atoms with Gasteiger partial charge in [0.15, 0.2) is 0 Å². The number of hydrogen-bond donors (Lipinski definition) is 1. The molecule has 148 valence electrons. The molecule has 2 aromatic rings. The van der Waals surface area contributed by atoms with Gasteiger partial charge in [-0.2, -0.15) is 0 Å². The molecule has 28 heavy (non-hydrogen) atoms. The summed E-state index contributed by atoms with van der Waals surface area (Å²) in [7, 11) is 0. The number of benzene rings is 2. The number of rotatable bonds is 5. The van der Waals surface area contributed by atoms with E-state index in [0.717, 1.165) is 16.8 Å². The van der Waals surface area contributed by atoms with E-state index in [4.69, 9.17) is 0 Å². The Labute approximate surface area is 165 Å². The summed E-state index contributed by atoms with van der Waals surface area (Å²) < 4.78 is 0. The quantitative estimate of drug-likeness (QED) is 0.631. The van der Waals surface area contributed by atoms with Crippen LogP contribution >= 0.6 is 0 Å². The second-order valence-electron chi connectivity index (χ2n) is 7.07. The fourth-order valence-corrected chi connectivity index (χ4v) is 3.44. The number of amides is 1. The molecule has 0 unspecified atom stereocenters. The van der Waals surface area contributed by atoms with Gasteiger partial charge in [0.05, 0.1) is 4.92 Å². The van der Waals surface area contributed by atoms with Crippen LogP contribution in [0.5, 0.6) is 0 Å². The zero-order valence-corrected chi connectivity index (χ0v) is 16.6. The number of nitrogens with zero attached hydrogens (tertiary/aromatic N) is 3. The first-order chi connectivity index (χ1) is 13.4. The van der Waals surface area contributed by atoms with Crippen molar-refractivity contribution in [2.45, 2.75) is 20.8 Å². The van der Waals surface area contributed by atoms with E-state index in [9.17, 15) is 14.9 Å². The normalized spacial score (nSPS) is 14.1. The number of piperazine rings is 1. The molecule has 1 saturated heterocycles. The van der Waals surface area contributed by atoms with Crippen LogP contribution in [0.3, 0.4) is 0 Å². The highest BCUT2D eigenvalue weighted by atomic mass is 16.6. The molecule has 2 aromatic carbocycles. The molecule has 0 radical (unpaired) electrons. The Kier molecular flexibility index (Phi) is 5.82. The van der Waals surface area contributed by atoms with Gasteiger partial charge < -0.3 is 15.1 Å². The van der Waals surface area contributed by atoms with Crippen molar-refractivity contribution in [2.24, 2.45) is 0 Å². The van der Waals surface area contributed by atoms with Gasteiger partial charge in [0.1, 0.15) is 5.69 Å². The first-order valence-corrected chi connectivity index (χ1v) is 9.54. The highest BCUT2D eigenvalue weighted by molar-refractivity contribution is 5.94. The lowest BCUT2D eigenvalue weighted by Gasteiger charge is -2.36. The predicted molar refractivity (Wildman–Crippen MR) is 111 cm³/mol. The molecule has 0 spiro atoms. The fraction of sp³-hybridized carbons (Fsp3) is 0.381. The molecule has 0 aliphatic carbocycles. The van der Waals surface area contributed by atoms with Crippen molar-refractivity contribution >= 4 is 23.0 Å². The van der Waals surface area contributed by atoms with Crippen molar-refractivity contribution in [3.63, 3.8) is 0 Å². The third kappa shape index (κ3) is 4.08. The van der Waals surface area contributed by atoms with Crippen LogP contribution in [-0.4, -0.2) is 48.5 Å². The maximum absolute atomic E-state index is 12.8. The highest BCUT2D eigenvalue weighted by Crippen LogP contribution is 2.30. The standard InChI is InChI=1S/C21H26N4O3/c1-4-22-19-14-18(7-8-20(19)25(27)28)23-9-11-24(12-10-23)21(26)17-6-5-15(2)16(3)13-17/h5-8,13-14,22H,4,9-12H2,1-3H3. The molecule has 1 fully saturated rings. The minimum atomic E-state index is -0.373. The molecular weight excluding hydrogens is 356 g/mol. The molecule has 1 N–H and O–H groups in total. The van der Waals surface area contributed by atoms with Gasteiger partial charge in [-0.25, -0.2) is 0 Å². The van der Waals surface area contributed by atoms with Crippen molar-refractivity contribution in [1.82, 2.24) is 4.90 Å². The van der Waals surface area contributed by atoms with Crippen molar-refractivity contribution in [2.75, 3.05) is 42.9 Å². The molecule has 0 atom stereocenters. The lowest BCUT2D eigenvalue weighted by Crippen LogP contribution is -2.48. The molecule has 1 aliphatic heterocycles. The molecule has 1 aliphatic rings. The van der Waals surface area contributed by atoms with Crippen LogP contribution in [0, 0.1) is 24.0 Å². The lowest BCUT2D eigenvalue weighted by atomic mass is 10.1. The van der Waals surface area contributed by atoms with Crippen molar-refractivity contribution in [3.8, 4) is 0 Å². The van der Waals surface area contributed by atoms with Crippen LogP contribution in [0.2, 0.25) is 0 Å². The average molecular weight is 382 g/mol. The third-order valence-electron chi connectivity index (χ3n) is 5.23. The number of nitrogens with one attached hydrogen (secondary N) is 1. The largest absolute Gasteiger partial charge is 0.380 e. The summed E-state index contributed by atoms with van der Waals surface area (Å²) in [6.07, 6.45) is 0. The Balaban J connectivity index is 1.69. The van der Waals surface area contributed by atoms with Crippen LogP contribution < -0.4 is 10.2 Å². The van der Waals surface area contributed by atoms with Gasteiger partial charge in [0.25, 0.3) is 11.6 Å². The maximum atomic E-state index is 12.8. The number of nitro groups is 1. The molecular formula is C21H26N4O3. The predicted octanol–water partition coefficient (Wildman–Crippen LogP) is 3.61. The monoisotopic (exact) mass is 382 g/mol. The van der Waals surface area contributed by atoms with Crippen molar-refractivity contribution in [3.05, 3.63) is 63.2 Å². The van der Waals surface area contributed by atoms with E-state index in [1.807, 2.05) is 49.9 Å². The summed E-state index contributed by atoms with van der Waals surface area (Å²) >= 11 is 0. The molecule has 0 bridgehead atoms. The highest BCUT2D eigenvalue weighted by Gasteiger charge is 2.24. The number of anilines is 2. The SMILES string of the molecule is CCNc1cc(N2CCN(C(=O)c3ccc(C)c(C)c3)CC2)ccc1[N+](=O)[O-]. The van der Waals surface area contributed by atoms with Gasteiger partial charge >= 0.3 is 0 Å². The van der Waals surface area contributed by atoms with Gasteiger partial charge in [-0.05, 0) is 56.2 Å². The Morgan fingerprint density at radius 2 is 1.79 bits per heavy atom. The van der Waals surface area contributed by atoms with Crippen LogP contribution in [0.15, 0.2) is 36.4 Å². The average Bonchev–Trinajstić information content (AvgIpc) is 2.69. The molecule has 3 rings (SSSR count). The van der Waals surface area contributed by atoms with Gasteiger partial charge in [-0.3, -0.25) is 14.9 Å². The molecule has 1 heterocycles. The summed E-state index contributed by atoms with van der Waals surface area (Å²) in [6.45, 7) is 9.21. The molecule has 7 nitrogen and oxygen atoms in total. The van der Waals surface area contributed by atoms with E-state index in [1.165, 1.54) is 5.56 Å². The van der Waals surface area contributed by atoms with E-state index in [2.05, 4.69) is 10.2 Å². The minimum absolute atomic E-state index is 0.0554. The number of nitro benzene ring substituents is 1. The number of hydrogen-bond acceptors (Lipinski definition) is 5. The van der Waals surface area contributed by atoms with Crippen molar-refractivity contribution in [1.29, 1.82) is 0 Å². The van der Waals surface area contributed by atoms with E-state index >= 15 is 0 Å². The summed E-state index contributed by atoms with van der Waals surface area (Å²) in [6, 6.07) is 11.0. The topological polar surface area (TPSA) is 78.7 Å². The summed E-state index contributed by atoms with van der Waals surface area (Å²) in [5.41, 5.74) is 4.55. The molecule has 1 amide bonds. The smallest absolute Gasteiger partial charge is 0.292 e. The van der Waals surface area contributed by atoms with E-state index < -0.39 is 0 Å². The number of aryl methyl sites for hydroxylation is 2. The van der Waals surface area contributed by atoms with Crippen LogP contribution in [0.25, 0.3) is 0 Å². The fourth-order valence-electron chi connectivity index (χ4n) is 3.44. The van der Waals surface area contributed by atoms with Crippen LogP contribution in [0.1, 0.15) is 28.4 Å². The van der Waals surface area contributed by atoms with E-state index in [-0.39, 0.29) is 16.5 Å². The van der Waals surface area contributed by atoms with E-state index in [0.29, 0.717) is 38.4 Å². The van der Waals surface area contributed by atoms with Crippen LogP contribution in [0.4, 0.5) is 17.1 Å². The Morgan fingerprint density at radius 1 is 1.07 bits per heavy atom. The van der Waals surface area contributed by atoms with E-state index in [1.54, 1.807) is 12.1 Å². The van der Waals surface area contributed by atoms with Crippen LogP contribution in [-0.2, 0) is 0 Å². The Morgan fingerprint density at radius 3 is 2.39 bits per heavy atom. The zero-order valence-electron chi connectivity index (χ0n) is 16.6. The number of carbonyl (C=O) groups is 1. The molecule has 0 saturated carbocycles. The van der Waals surface area contributed by atoms with Crippen molar-refractivity contribution < 1.29 is 9.72 Å². The summed E-state index contributed by atoms with van der Waals surface area (Å²) in [5, 5.41) is 14.3. The lowest BCUT2D eigenvalue weighted by molar-refractivity contribution is -0.383. The number of carbonyl (C=O) groups excluding carboxylic acids is 1. The van der Waals surface area contributed by atoms with Gasteiger partial charge in [0.2, 0.25) is 0 Å². The third-order valence-corrected chi connectivity index (χ3v) is 5.23. The minimum Gasteiger partial charge on any atom is -0.380 e. The second-order valence-corrected chi connectivity index (χ2v) is 7.07. The Hall–Kier alpha value is -3.09. The zero-order chi connectivity index (χ0) is 20.3. The first-order valence-electron chi connectivity index (χ1n) is 9.54. The summed E-state index contributed by atoms with van der Waals surface area (Å²) in [5.74, 6) is 0.0554. The molecule has 0 aromatic heterocycles. The summed E-state index contributed by atoms with van der Waals surface area (Å²) in [4.78, 5) is 27.6.